The number of thioether (sulfide) groups is 1. The number of nitrogens with zero attached hydrogens (tertiary/aromatic N) is 2. The summed E-state index contributed by atoms with van der Waals surface area (Å²) in [6.07, 6.45) is 4.29. The zero-order valence-electron chi connectivity index (χ0n) is 18.5. The van der Waals surface area contributed by atoms with Crippen molar-refractivity contribution in [3.63, 3.8) is 0 Å². The summed E-state index contributed by atoms with van der Waals surface area (Å²) in [4.78, 5) is 7.15. The Hall–Kier alpha value is -0.870. The van der Waals surface area contributed by atoms with Crippen molar-refractivity contribution in [2.24, 2.45) is 4.99 Å². The van der Waals surface area contributed by atoms with Gasteiger partial charge in [-0.2, -0.15) is 11.8 Å². The maximum absolute atomic E-state index is 5.55. The van der Waals surface area contributed by atoms with Crippen LogP contribution < -0.4 is 14.8 Å². The fourth-order valence-corrected chi connectivity index (χ4v) is 4.15. The third-order valence-corrected chi connectivity index (χ3v) is 6.70. The van der Waals surface area contributed by atoms with Gasteiger partial charge < -0.3 is 24.4 Å². The average Bonchev–Trinajstić information content (AvgIpc) is 2.72. The van der Waals surface area contributed by atoms with Gasteiger partial charge in [0.25, 0.3) is 0 Å². The number of aliphatic imine (C=N–C) groups is 1. The molecular weight excluding hydrogens is 501 g/mol. The predicted molar refractivity (Wildman–Crippen MR) is 133 cm³/mol. The summed E-state index contributed by atoms with van der Waals surface area (Å²) in [5.74, 6) is 2.44. The minimum absolute atomic E-state index is 0. The first-order valence-electron chi connectivity index (χ1n) is 9.82. The van der Waals surface area contributed by atoms with Crippen molar-refractivity contribution in [2.75, 3.05) is 53.8 Å². The summed E-state index contributed by atoms with van der Waals surface area (Å²) in [7, 11) is 5.41. The van der Waals surface area contributed by atoms with Gasteiger partial charge in [0, 0.05) is 38.1 Å². The summed E-state index contributed by atoms with van der Waals surface area (Å²) >= 11 is 1.92. The molecule has 0 amide bonds. The fraction of sp³-hybridized carbons (Fsp3) is 0.667. The number of rotatable bonds is 8. The standard InChI is InChI=1S/C21H35N3O3S.HI/c1-7-22-20(23-15-21(28-6)8-10-27-11-9-21)24(3)14-17-13-19(26-5)18(25-4)12-16(17)2;/h12-13H,7-11,14-15H2,1-6H3,(H,22,23);1H. The predicted octanol–water partition coefficient (Wildman–Crippen LogP) is 3.94. The van der Waals surface area contributed by atoms with Crippen LogP contribution in [0.1, 0.15) is 30.9 Å². The van der Waals surface area contributed by atoms with Crippen LogP contribution in [0, 0.1) is 6.92 Å². The molecule has 0 saturated carbocycles. The molecule has 0 radical (unpaired) electrons. The van der Waals surface area contributed by atoms with Crippen molar-refractivity contribution in [1.29, 1.82) is 0 Å². The number of hydrogen-bond acceptors (Lipinski definition) is 5. The Labute approximate surface area is 197 Å². The van der Waals surface area contributed by atoms with Gasteiger partial charge in [-0.3, -0.25) is 4.99 Å². The van der Waals surface area contributed by atoms with Crippen LogP contribution in [0.2, 0.25) is 0 Å². The molecular formula is C21H36IN3O3S. The quantitative estimate of drug-likeness (QED) is 0.308. The Kier molecular flexibility index (Phi) is 11.5. The summed E-state index contributed by atoms with van der Waals surface area (Å²) in [6.45, 7) is 8.23. The van der Waals surface area contributed by atoms with Gasteiger partial charge in [-0.1, -0.05) is 0 Å². The average molecular weight is 538 g/mol. The van der Waals surface area contributed by atoms with Gasteiger partial charge in [-0.05, 0) is 56.2 Å². The number of aryl methyl sites for hydroxylation is 1. The number of halogens is 1. The van der Waals surface area contributed by atoms with E-state index in [-0.39, 0.29) is 28.7 Å². The molecule has 8 heteroatoms. The Morgan fingerprint density at radius 1 is 1.24 bits per heavy atom. The smallest absolute Gasteiger partial charge is 0.194 e. The lowest BCUT2D eigenvalue weighted by molar-refractivity contribution is 0.0793. The molecule has 6 nitrogen and oxygen atoms in total. The van der Waals surface area contributed by atoms with Gasteiger partial charge in [0.1, 0.15) is 0 Å². The molecule has 1 N–H and O–H groups in total. The highest BCUT2D eigenvalue weighted by Gasteiger charge is 2.31. The van der Waals surface area contributed by atoms with Crippen LogP contribution in [0.15, 0.2) is 17.1 Å². The molecule has 1 heterocycles. The summed E-state index contributed by atoms with van der Waals surface area (Å²) < 4.78 is 16.6. The van der Waals surface area contributed by atoms with E-state index in [2.05, 4.69) is 43.4 Å². The van der Waals surface area contributed by atoms with Crippen LogP contribution in [0.4, 0.5) is 0 Å². The molecule has 0 spiro atoms. The van der Waals surface area contributed by atoms with Gasteiger partial charge in [0.05, 0.1) is 20.8 Å². The summed E-state index contributed by atoms with van der Waals surface area (Å²) in [5.41, 5.74) is 2.36. The number of benzene rings is 1. The van der Waals surface area contributed by atoms with Crippen molar-refractivity contribution in [3.05, 3.63) is 23.3 Å². The van der Waals surface area contributed by atoms with Gasteiger partial charge in [0.2, 0.25) is 0 Å². The van der Waals surface area contributed by atoms with Crippen LogP contribution in [0.25, 0.3) is 0 Å². The number of ether oxygens (including phenoxy) is 3. The molecule has 0 atom stereocenters. The fourth-order valence-electron chi connectivity index (χ4n) is 3.38. The van der Waals surface area contributed by atoms with E-state index in [1.165, 1.54) is 11.1 Å². The highest BCUT2D eigenvalue weighted by molar-refractivity contribution is 14.0. The van der Waals surface area contributed by atoms with Crippen LogP contribution in [0.3, 0.4) is 0 Å². The lowest BCUT2D eigenvalue weighted by Crippen LogP contribution is -2.41. The Bertz CT molecular complexity index is 667. The van der Waals surface area contributed by atoms with Crippen molar-refractivity contribution in [3.8, 4) is 11.5 Å². The molecule has 1 aliphatic rings. The molecule has 29 heavy (non-hydrogen) atoms. The monoisotopic (exact) mass is 537 g/mol. The van der Waals surface area contributed by atoms with Crippen molar-refractivity contribution in [1.82, 2.24) is 10.2 Å². The maximum Gasteiger partial charge on any atom is 0.194 e. The summed E-state index contributed by atoms with van der Waals surface area (Å²) in [5, 5.41) is 3.43. The van der Waals surface area contributed by atoms with Crippen molar-refractivity contribution in [2.45, 2.75) is 38.0 Å². The third kappa shape index (κ3) is 7.10. The molecule has 1 aromatic rings. The van der Waals surface area contributed by atoms with E-state index in [4.69, 9.17) is 19.2 Å². The molecule has 0 aliphatic carbocycles. The topological polar surface area (TPSA) is 55.3 Å². The minimum atomic E-state index is 0. The molecule has 1 fully saturated rings. The first kappa shape index (κ1) is 26.2. The first-order chi connectivity index (χ1) is 13.5. The van der Waals surface area contributed by atoms with E-state index in [0.717, 1.165) is 63.1 Å². The highest BCUT2D eigenvalue weighted by atomic mass is 127. The number of guanidine groups is 1. The normalized spacial score (nSPS) is 16.0. The molecule has 0 unspecified atom stereocenters. The molecule has 1 aromatic carbocycles. The molecule has 0 bridgehead atoms. The SMILES string of the molecule is CCNC(=NCC1(SC)CCOCC1)N(C)Cc1cc(OC)c(OC)cc1C.I. The van der Waals surface area contributed by atoms with Crippen LogP contribution >= 0.6 is 35.7 Å². The maximum atomic E-state index is 5.55. The lowest BCUT2D eigenvalue weighted by atomic mass is 9.99. The van der Waals surface area contributed by atoms with E-state index in [0.29, 0.717) is 0 Å². The second-order valence-corrected chi connectivity index (χ2v) is 8.43. The van der Waals surface area contributed by atoms with Crippen LogP contribution in [0.5, 0.6) is 11.5 Å². The van der Waals surface area contributed by atoms with Crippen molar-refractivity contribution < 1.29 is 14.2 Å². The minimum Gasteiger partial charge on any atom is -0.493 e. The van der Waals surface area contributed by atoms with E-state index >= 15 is 0 Å². The molecule has 2 rings (SSSR count). The van der Waals surface area contributed by atoms with Gasteiger partial charge >= 0.3 is 0 Å². The number of nitrogens with one attached hydrogen (secondary N) is 1. The highest BCUT2D eigenvalue weighted by Crippen LogP contribution is 2.34. The van der Waals surface area contributed by atoms with E-state index in [1.54, 1.807) is 14.2 Å². The number of methoxy groups -OCH3 is 2. The molecule has 1 aliphatic heterocycles. The Balaban J connectivity index is 0.00000420. The summed E-state index contributed by atoms with van der Waals surface area (Å²) in [6, 6.07) is 4.08. The van der Waals surface area contributed by atoms with Gasteiger partial charge in [-0.25, -0.2) is 0 Å². The first-order valence-corrected chi connectivity index (χ1v) is 11.0. The zero-order chi connectivity index (χ0) is 20.6. The van der Waals surface area contributed by atoms with E-state index < -0.39 is 0 Å². The Morgan fingerprint density at radius 3 is 2.41 bits per heavy atom. The Morgan fingerprint density at radius 2 is 1.86 bits per heavy atom. The van der Waals surface area contributed by atoms with E-state index in [1.807, 2.05) is 17.8 Å². The van der Waals surface area contributed by atoms with Gasteiger partial charge in [0.15, 0.2) is 17.5 Å². The van der Waals surface area contributed by atoms with Crippen molar-refractivity contribution >= 4 is 41.7 Å². The molecule has 166 valence electrons. The zero-order valence-corrected chi connectivity index (χ0v) is 21.7. The van der Waals surface area contributed by atoms with Crippen LogP contribution in [-0.2, 0) is 11.3 Å². The van der Waals surface area contributed by atoms with Gasteiger partial charge in [-0.15, -0.1) is 24.0 Å². The molecule has 1 saturated heterocycles. The number of hydrogen-bond donors (Lipinski definition) is 1. The third-order valence-electron chi connectivity index (χ3n) is 5.30. The molecule has 0 aromatic heterocycles. The lowest BCUT2D eigenvalue weighted by Gasteiger charge is -2.35. The van der Waals surface area contributed by atoms with E-state index in [9.17, 15) is 0 Å². The van der Waals surface area contributed by atoms with Crippen LogP contribution in [-0.4, -0.2) is 69.4 Å². The largest absolute Gasteiger partial charge is 0.493 e. The second-order valence-electron chi connectivity index (χ2n) is 7.16. The second kappa shape index (κ2) is 12.7.